The monoisotopic (exact) mass is 344 g/mol. The van der Waals surface area contributed by atoms with Gasteiger partial charge < -0.3 is 20.3 Å². The molecule has 1 aromatic carbocycles. The largest absolute Gasteiger partial charge is 0.450 e. The fraction of sp³-hybridized carbons (Fsp3) is 0.579. The van der Waals surface area contributed by atoms with Crippen molar-refractivity contribution in [2.45, 2.75) is 39.2 Å². The molecule has 0 spiro atoms. The summed E-state index contributed by atoms with van der Waals surface area (Å²) in [6.45, 7) is 6.61. The number of carbonyl (C=O) groups is 1. The number of aliphatic imine (C=N–C) groups is 1. The second-order valence-corrected chi connectivity index (χ2v) is 6.53. The second kappa shape index (κ2) is 8.23. The molecule has 25 heavy (non-hydrogen) atoms. The van der Waals surface area contributed by atoms with Gasteiger partial charge in [-0.05, 0) is 50.7 Å². The van der Waals surface area contributed by atoms with Crippen LogP contribution in [0.15, 0.2) is 29.3 Å². The number of ether oxygens (including phenoxy) is 1. The Morgan fingerprint density at radius 2 is 2.16 bits per heavy atom. The highest BCUT2D eigenvalue weighted by atomic mass is 16.5. The molecule has 1 aliphatic heterocycles. The molecule has 1 aromatic rings. The third kappa shape index (κ3) is 4.44. The average molecular weight is 344 g/mol. The number of nitrogens with zero attached hydrogens (tertiary/aromatic N) is 2. The molecule has 0 saturated heterocycles. The molecular weight excluding hydrogens is 316 g/mol. The lowest BCUT2D eigenvalue weighted by molar-refractivity contribution is 0.147. The minimum Gasteiger partial charge on any atom is -0.450 e. The van der Waals surface area contributed by atoms with Crippen LogP contribution in [0.3, 0.4) is 0 Å². The van der Waals surface area contributed by atoms with Gasteiger partial charge in [0.25, 0.3) is 0 Å². The lowest BCUT2D eigenvalue weighted by atomic mass is 10.2. The van der Waals surface area contributed by atoms with Crippen LogP contribution in [0.2, 0.25) is 0 Å². The minimum absolute atomic E-state index is 0.0468. The zero-order valence-electron chi connectivity index (χ0n) is 15.1. The molecule has 1 unspecified atom stereocenters. The summed E-state index contributed by atoms with van der Waals surface area (Å²) < 4.78 is 5.03. The number of amides is 1. The van der Waals surface area contributed by atoms with E-state index < -0.39 is 0 Å². The number of guanidine groups is 1. The Hall–Kier alpha value is -2.24. The molecule has 0 radical (unpaired) electrons. The van der Waals surface area contributed by atoms with E-state index in [-0.39, 0.29) is 12.1 Å². The molecule has 3 rings (SSSR count). The zero-order valence-corrected chi connectivity index (χ0v) is 15.1. The van der Waals surface area contributed by atoms with E-state index in [9.17, 15) is 4.79 Å². The molecule has 2 N–H and O–H groups in total. The van der Waals surface area contributed by atoms with Crippen molar-refractivity contribution in [3.63, 3.8) is 0 Å². The molecule has 1 atom stereocenters. The highest BCUT2D eigenvalue weighted by Gasteiger charge is 2.33. The van der Waals surface area contributed by atoms with Crippen molar-refractivity contribution in [1.82, 2.24) is 10.6 Å². The van der Waals surface area contributed by atoms with Crippen molar-refractivity contribution in [3.05, 3.63) is 29.8 Å². The fourth-order valence-electron chi connectivity index (χ4n) is 3.27. The molecule has 0 aromatic heterocycles. The first-order valence-corrected chi connectivity index (χ1v) is 9.30. The Kier molecular flexibility index (Phi) is 5.79. The maximum atomic E-state index is 11.8. The Bertz CT molecular complexity index is 628. The van der Waals surface area contributed by atoms with E-state index in [2.05, 4.69) is 46.7 Å². The number of fused-ring (bicyclic) bond motifs is 1. The van der Waals surface area contributed by atoms with Gasteiger partial charge in [-0.3, -0.25) is 4.99 Å². The predicted octanol–water partition coefficient (Wildman–Crippen LogP) is 2.54. The lowest BCUT2D eigenvalue weighted by Crippen LogP contribution is -2.43. The summed E-state index contributed by atoms with van der Waals surface area (Å²) in [4.78, 5) is 18.8. The number of benzene rings is 1. The normalized spacial score (nSPS) is 17.8. The average Bonchev–Trinajstić information content (AvgIpc) is 3.37. The quantitative estimate of drug-likeness (QED) is 0.615. The Morgan fingerprint density at radius 1 is 1.36 bits per heavy atom. The van der Waals surface area contributed by atoms with Gasteiger partial charge in [0.15, 0.2) is 5.96 Å². The lowest BCUT2D eigenvalue weighted by Gasteiger charge is -2.23. The van der Waals surface area contributed by atoms with Gasteiger partial charge in [-0.1, -0.05) is 18.2 Å². The van der Waals surface area contributed by atoms with E-state index in [4.69, 9.17) is 9.73 Å². The summed E-state index contributed by atoms with van der Waals surface area (Å²) in [6.07, 6.45) is 2.99. The highest BCUT2D eigenvalue weighted by Crippen LogP contribution is 2.33. The number of alkyl carbamates (subject to hydrolysis) is 1. The second-order valence-electron chi connectivity index (χ2n) is 6.53. The molecule has 136 valence electrons. The topological polar surface area (TPSA) is 66.0 Å². The van der Waals surface area contributed by atoms with Crippen LogP contribution in [-0.2, 0) is 11.2 Å². The van der Waals surface area contributed by atoms with E-state index in [1.807, 2.05) is 6.92 Å². The van der Waals surface area contributed by atoms with Gasteiger partial charge >= 0.3 is 6.09 Å². The Morgan fingerprint density at radius 3 is 2.88 bits per heavy atom. The Labute approximate surface area is 149 Å². The van der Waals surface area contributed by atoms with Crippen LogP contribution < -0.4 is 15.5 Å². The van der Waals surface area contributed by atoms with Crippen LogP contribution >= 0.6 is 0 Å². The third-order valence-electron chi connectivity index (χ3n) is 4.69. The molecule has 1 saturated carbocycles. The van der Waals surface area contributed by atoms with Gasteiger partial charge in [0.2, 0.25) is 0 Å². The van der Waals surface area contributed by atoms with Crippen molar-refractivity contribution in [2.75, 3.05) is 31.1 Å². The SMILES string of the molecule is CCNC(=NCC(NC(=O)OCC)C1CC1)N1CCc2ccccc21. The van der Waals surface area contributed by atoms with Crippen LogP contribution in [0.4, 0.5) is 10.5 Å². The summed E-state index contributed by atoms with van der Waals surface area (Å²) >= 11 is 0. The molecule has 6 nitrogen and oxygen atoms in total. The summed E-state index contributed by atoms with van der Waals surface area (Å²) in [5.41, 5.74) is 2.58. The van der Waals surface area contributed by atoms with E-state index >= 15 is 0 Å². The first-order valence-electron chi connectivity index (χ1n) is 9.30. The van der Waals surface area contributed by atoms with Crippen molar-refractivity contribution in [3.8, 4) is 0 Å². The predicted molar refractivity (Wildman–Crippen MR) is 100 cm³/mol. The van der Waals surface area contributed by atoms with Crippen LogP contribution in [0.5, 0.6) is 0 Å². The highest BCUT2D eigenvalue weighted by molar-refractivity contribution is 5.98. The van der Waals surface area contributed by atoms with E-state index in [1.165, 1.54) is 11.3 Å². The number of hydrogen-bond acceptors (Lipinski definition) is 3. The number of para-hydroxylation sites is 1. The van der Waals surface area contributed by atoms with Crippen LogP contribution in [0, 0.1) is 5.92 Å². The maximum Gasteiger partial charge on any atom is 0.407 e. The molecule has 1 heterocycles. The van der Waals surface area contributed by atoms with Crippen molar-refractivity contribution in [2.24, 2.45) is 10.9 Å². The zero-order chi connectivity index (χ0) is 17.6. The van der Waals surface area contributed by atoms with Gasteiger partial charge in [0.05, 0.1) is 19.2 Å². The summed E-state index contributed by atoms with van der Waals surface area (Å²) in [7, 11) is 0. The molecule has 6 heteroatoms. The van der Waals surface area contributed by atoms with Crippen molar-refractivity contribution >= 4 is 17.7 Å². The number of hydrogen-bond donors (Lipinski definition) is 2. The van der Waals surface area contributed by atoms with Gasteiger partial charge in [-0.25, -0.2) is 4.79 Å². The van der Waals surface area contributed by atoms with Gasteiger partial charge in [0, 0.05) is 18.8 Å². The first kappa shape index (κ1) is 17.6. The Balaban J connectivity index is 1.70. The third-order valence-corrected chi connectivity index (χ3v) is 4.69. The van der Waals surface area contributed by atoms with Crippen molar-refractivity contribution < 1.29 is 9.53 Å². The number of nitrogens with one attached hydrogen (secondary N) is 2. The van der Waals surface area contributed by atoms with Gasteiger partial charge in [-0.2, -0.15) is 0 Å². The fourth-order valence-corrected chi connectivity index (χ4v) is 3.27. The first-order chi connectivity index (χ1) is 12.2. The van der Waals surface area contributed by atoms with E-state index in [1.54, 1.807) is 0 Å². The smallest absolute Gasteiger partial charge is 0.407 e. The summed E-state index contributed by atoms with van der Waals surface area (Å²) in [5.74, 6) is 1.41. The maximum absolute atomic E-state index is 11.8. The standard InChI is InChI=1S/C19H28N4O2/c1-3-20-18(23-12-11-15-7-5-6-8-17(15)23)21-13-16(14-9-10-14)22-19(24)25-4-2/h5-8,14,16H,3-4,9-13H2,1-2H3,(H,20,21)(H,22,24). The summed E-state index contributed by atoms with van der Waals surface area (Å²) in [5, 5.41) is 6.36. The van der Waals surface area contributed by atoms with E-state index in [0.717, 1.165) is 38.3 Å². The number of carbonyl (C=O) groups excluding carboxylic acids is 1. The molecule has 1 amide bonds. The number of rotatable bonds is 6. The molecule has 0 bridgehead atoms. The van der Waals surface area contributed by atoms with Crippen molar-refractivity contribution in [1.29, 1.82) is 0 Å². The summed E-state index contributed by atoms with van der Waals surface area (Å²) in [6, 6.07) is 8.51. The molecule has 2 aliphatic rings. The van der Waals surface area contributed by atoms with Crippen LogP contribution in [-0.4, -0.2) is 44.3 Å². The minimum atomic E-state index is -0.342. The molecule has 1 fully saturated rings. The van der Waals surface area contributed by atoms with E-state index in [0.29, 0.717) is 19.1 Å². The molecule has 1 aliphatic carbocycles. The number of anilines is 1. The molecular formula is C19H28N4O2. The van der Waals surface area contributed by atoms with Crippen LogP contribution in [0.1, 0.15) is 32.3 Å². The van der Waals surface area contributed by atoms with Gasteiger partial charge in [-0.15, -0.1) is 0 Å². The van der Waals surface area contributed by atoms with Gasteiger partial charge in [0.1, 0.15) is 0 Å². The van der Waals surface area contributed by atoms with Crippen LogP contribution in [0.25, 0.3) is 0 Å².